The van der Waals surface area contributed by atoms with E-state index in [2.05, 4.69) is 24.9 Å². The molecule has 0 radical (unpaired) electrons. The Balaban J connectivity index is 1.03. The summed E-state index contributed by atoms with van der Waals surface area (Å²) in [4.78, 5) is 18.4. The topological polar surface area (TPSA) is 141 Å². The van der Waals surface area contributed by atoms with Gasteiger partial charge < -0.3 is 24.1 Å². The van der Waals surface area contributed by atoms with Crippen LogP contribution in [0.5, 0.6) is 11.5 Å². The van der Waals surface area contributed by atoms with Crippen LogP contribution in [0.25, 0.3) is 22.2 Å². The summed E-state index contributed by atoms with van der Waals surface area (Å²) in [5, 5.41) is 9.21. The zero-order valence-electron chi connectivity index (χ0n) is 26.0. The first-order valence-corrected chi connectivity index (χ1v) is 17.1. The van der Waals surface area contributed by atoms with E-state index in [9.17, 15) is 17.6 Å². The highest BCUT2D eigenvalue weighted by Gasteiger charge is 2.25. The second-order valence-electron chi connectivity index (χ2n) is 12.2. The van der Waals surface area contributed by atoms with E-state index in [1.165, 1.54) is 24.3 Å². The van der Waals surface area contributed by atoms with Gasteiger partial charge in [-0.1, -0.05) is 19.1 Å². The van der Waals surface area contributed by atoms with Crippen molar-refractivity contribution in [2.24, 2.45) is 11.8 Å². The van der Waals surface area contributed by atoms with Gasteiger partial charge in [0.25, 0.3) is 0 Å². The van der Waals surface area contributed by atoms with Crippen LogP contribution in [-0.4, -0.2) is 85.3 Å². The minimum Gasteiger partial charge on any atom is -0.490 e. The van der Waals surface area contributed by atoms with Crippen molar-refractivity contribution >= 4 is 26.9 Å². The first-order valence-electron chi connectivity index (χ1n) is 15.7. The number of halogens is 1. The van der Waals surface area contributed by atoms with Gasteiger partial charge in [-0.2, -0.15) is 0 Å². The monoisotopic (exact) mass is 654 g/mol. The maximum absolute atomic E-state index is 14.2. The quantitative estimate of drug-likeness (QED) is 0.227. The molecule has 0 spiro atoms. The summed E-state index contributed by atoms with van der Waals surface area (Å²) in [6.45, 7) is 8.38. The second kappa shape index (κ2) is 13.8. The third-order valence-corrected chi connectivity index (χ3v) is 9.67. The number of carbonyl (C=O) groups is 1. The van der Waals surface area contributed by atoms with Gasteiger partial charge in [-0.15, -0.1) is 5.10 Å². The van der Waals surface area contributed by atoms with Crippen LogP contribution in [0.2, 0.25) is 0 Å². The number of nitrogens with one attached hydrogen (secondary N) is 2. The Morgan fingerprint density at radius 2 is 1.91 bits per heavy atom. The number of likely N-dealkylation sites (tertiary alicyclic amines) is 1. The molecule has 12 nitrogen and oxygen atoms in total. The van der Waals surface area contributed by atoms with Crippen molar-refractivity contribution in [2.75, 3.05) is 46.0 Å². The summed E-state index contributed by atoms with van der Waals surface area (Å²) >= 11 is 0. The number of H-pyrrole nitrogens is 1. The maximum atomic E-state index is 14.2. The first kappa shape index (κ1) is 32.0. The van der Waals surface area contributed by atoms with Crippen molar-refractivity contribution in [3.8, 4) is 22.8 Å². The van der Waals surface area contributed by atoms with E-state index in [0.29, 0.717) is 72.4 Å². The van der Waals surface area contributed by atoms with Crippen LogP contribution in [0.1, 0.15) is 43.6 Å². The van der Waals surface area contributed by atoms with Crippen molar-refractivity contribution < 1.29 is 31.8 Å². The van der Waals surface area contributed by atoms with E-state index < -0.39 is 21.8 Å². The van der Waals surface area contributed by atoms with Gasteiger partial charge in [0.05, 0.1) is 30.9 Å². The molecule has 246 valence electrons. The number of hydrogen-bond donors (Lipinski definition) is 2. The predicted octanol–water partition coefficient (Wildman–Crippen LogP) is 4.23. The Bertz CT molecular complexity index is 1800. The van der Waals surface area contributed by atoms with Gasteiger partial charge >= 0.3 is 5.97 Å². The standard InChI is InChI=1S/C32H39FN6O6S/c1-21(2)20-45-32(40)31-30(25-16-23(33)4-6-26(25)35-31)27-19-39(37-36-27)18-22-8-11-38(12-9-22)13-10-34-46(41,42)24-5-7-28-29(17-24)44-15-3-14-43-28/h4-7,16-17,19,21-22,34-35H,3,8-15,18,20H2,1-2H3. The molecule has 1 saturated heterocycles. The Morgan fingerprint density at radius 3 is 2.70 bits per heavy atom. The first-order chi connectivity index (χ1) is 22.2. The van der Waals surface area contributed by atoms with E-state index in [0.717, 1.165) is 32.4 Å². The minimum absolute atomic E-state index is 0.153. The van der Waals surface area contributed by atoms with Gasteiger partial charge in [0, 0.05) is 48.6 Å². The number of rotatable bonds is 11. The molecule has 1 fully saturated rings. The molecule has 2 aliphatic heterocycles. The lowest BCUT2D eigenvalue weighted by molar-refractivity contribution is 0.0454. The van der Waals surface area contributed by atoms with Crippen molar-refractivity contribution in [2.45, 2.75) is 44.6 Å². The number of carbonyl (C=O) groups excluding carboxylic acids is 1. The normalized spacial score (nSPS) is 16.2. The van der Waals surface area contributed by atoms with Gasteiger partial charge in [0.2, 0.25) is 10.0 Å². The maximum Gasteiger partial charge on any atom is 0.355 e. The summed E-state index contributed by atoms with van der Waals surface area (Å²) in [5.41, 5.74) is 1.77. The van der Waals surface area contributed by atoms with Gasteiger partial charge in [-0.25, -0.2) is 22.3 Å². The van der Waals surface area contributed by atoms with Crippen LogP contribution in [-0.2, 0) is 21.3 Å². The minimum atomic E-state index is -3.69. The molecule has 14 heteroatoms. The second-order valence-corrected chi connectivity index (χ2v) is 14.0. The van der Waals surface area contributed by atoms with Gasteiger partial charge in [-0.3, -0.25) is 4.68 Å². The number of aromatic nitrogens is 4. The number of nitrogens with zero attached hydrogens (tertiary/aromatic N) is 4. The van der Waals surface area contributed by atoms with Gasteiger partial charge in [0.1, 0.15) is 17.2 Å². The summed E-state index contributed by atoms with van der Waals surface area (Å²) in [5.74, 6) is 0.580. The molecule has 4 heterocycles. The number of sulfonamides is 1. The van der Waals surface area contributed by atoms with Crippen LogP contribution < -0.4 is 14.2 Å². The summed E-state index contributed by atoms with van der Waals surface area (Å²) in [6.07, 6.45) is 4.36. The zero-order valence-corrected chi connectivity index (χ0v) is 26.8. The molecule has 0 aliphatic carbocycles. The number of piperidine rings is 1. The molecule has 0 atom stereocenters. The third-order valence-electron chi connectivity index (χ3n) is 8.21. The number of fused-ring (bicyclic) bond motifs is 2. The molecular formula is C32H39FN6O6S. The van der Waals surface area contributed by atoms with Crippen molar-refractivity contribution in [1.82, 2.24) is 29.6 Å². The van der Waals surface area contributed by atoms with E-state index in [1.807, 2.05) is 13.8 Å². The lowest BCUT2D eigenvalue weighted by Gasteiger charge is -2.31. The largest absolute Gasteiger partial charge is 0.490 e. The molecular weight excluding hydrogens is 615 g/mol. The molecule has 46 heavy (non-hydrogen) atoms. The molecule has 0 unspecified atom stereocenters. The number of ether oxygens (including phenoxy) is 3. The Hall–Kier alpha value is -4.01. The third kappa shape index (κ3) is 7.34. The number of benzene rings is 2. The molecule has 2 aromatic heterocycles. The zero-order chi connectivity index (χ0) is 32.3. The fourth-order valence-corrected chi connectivity index (χ4v) is 6.83. The van der Waals surface area contributed by atoms with Crippen LogP contribution in [0.4, 0.5) is 4.39 Å². The van der Waals surface area contributed by atoms with Crippen molar-refractivity contribution in [1.29, 1.82) is 0 Å². The lowest BCUT2D eigenvalue weighted by atomic mass is 9.97. The number of esters is 1. The van der Waals surface area contributed by atoms with Crippen LogP contribution in [0.3, 0.4) is 0 Å². The average molecular weight is 655 g/mol. The van der Waals surface area contributed by atoms with Crippen LogP contribution in [0.15, 0.2) is 47.5 Å². The lowest BCUT2D eigenvalue weighted by Crippen LogP contribution is -2.40. The Morgan fingerprint density at radius 1 is 1.13 bits per heavy atom. The van der Waals surface area contributed by atoms with Crippen LogP contribution in [0, 0.1) is 17.7 Å². The molecule has 2 aromatic carbocycles. The predicted molar refractivity (Wildman–Crippen MR) is 169 cm³/mol. The Kier molecular flexibility index (Phi) is 9.57. The van der Waals surface area contributed by atoms with E-state index >= 15 is 0 Å². The molecule has 2 N–H and O–H groups in total. The van der Waals surface area contributed by atoms with Gasteiger partial charge in [0.15, 0.2) is 11.5 Å². The SMILES string of the molecule is CC(C)COC(=O)c1[nH]c2ccc(F)cc2c1-c1cn(CC2CCN(CCNS(=O)(=O)c3ccc4c(c3)OCCCO4)CC2)nn1. The van der Waals surface area contributed by atoms with Crippen molar-refractivity contribution in [3.05, 3.63) is 54.1 Å². The number of aromatic amines is 1. The van der Waals surface area contributed by atoms with Crippen LogP contribution >= 0.6 is 0 Å². The summed E-state index contributed by atoms with van der Waals surface area (Å²) in [6, 6.07) is 9.00. The fourth-order valence-electron chi connectivity index (χ4n) is 5.79. The highest BCUT2D eigenvalue weighted by atomic mass is 32.2. The molecule has 6 rings (SSSR count). The van der Waals surface area contributed by atoms with E-state index in [-0.39, 0.29) is 23.1 Å². The smallest absolute Gasteiger partial charge is 0.355 e. The van der Waals surface area contributed by atoms with E-state index in [4.69, 9.17) is 14.2 Å². The number of hydrogen-bond acceptors (Lipinski definition) is 9. The molecule has 0 amide bonds. The molecule has 0 bridgehead atoms. The van der Waals surface area contributed by atoms with Crippen molar-refractivity contribution in [3.63, 3.8) is 0 Å². The van der Waals surface area contributed by atoms with E-state index in [1.54, 1.807) is 23.0 Å². The highest BCUT2D eigenvalue weighted by Crippen LogP contribution is 2.33. The molecule has 2 aliphatic rings. The Labute approximate surface area is 267 Å². The summed E-state index contributed by atoms with van der Waals surface area (Å²) in [7, 11) is -3.69. The molecule has 4 aromatic rings. The molecule has 0 saturated carbocycles. The highest BCUT2D eigenvalue weighted by molar-refractivity contribution is 7.89. The fraction of sp³-hybridized carbons (Fsp3) is 0.469. The average Bonchev–Trinajstić information content (AvgIpc) is 3.56. The van der Waals surface area contributed by atoms with Gasteiger partial charge in [-0.05, 0) is 68.1 Å². The summed E-state index contributed by atoms with van der Waals surface area (Å²) < 4.78 is 61.2.